The molecule has 0 bridgehead atoms. The molecule has 3 saturated carbocycles. The second kappa shape index (κ2) is 4.26. The van der Waals surface area contributed by atoms with Crippen molar-refractivity contribution in [2.24, 2.45) is 29.6 Å². The third kappa shape index (κ3) is 1.61. The Hall–Kier alpha value is -0.0400. The maximum absolute atomic E-state index is 6.18. The van der Waals surface area contributed by atoms with Gasteiger partial charge in [0, 0.05) is 6.61 Å². The molecule has 0 radical (unpaired) electrons. The molecule has 0 aromatic rings. The zero-order chi connectivity index (χ0) is 11.2. The highest BCUT2D eigenvalue weighted by atomic mass is 16.5. The zero-order valence-corrected chi connectivity index (χ0v) is 10.9. The fourth-order valence-electron chi connectivity index (χ4n) is 5.91. The summed E-state index contributed by atoms with van der Waals surface area (Å²) in [5.41, 5.74) is 0. The predicted octanol–water partition coefficient (Wildman–Crippen LogP) is 4.02. The molecular weight excluding hydrogens is 208 g/mol. The molecule has 1 aliphatic heterocycles. The van der Waals surface area contributed by atoms with Crippen LogP contribution in [0.1, 0.15) is 57.8 Å². The average molecular weight is 234 g/mol. The number of hydrogen-bond acceptors (Lipinski definition) is 1. The van der Waals surface area contributed by atoms with Crippen molar-refractivity contribution in [3.63, 3.8) is 0 Å². The molecule has 3 aliphatic carbocycles. The van der Waals surface area contributed by atoms with E-state index in [9.17, 15) is 0 Å². The predicted molar refractivity (Wildman–Crippen MR) is 68.7 cm³/mol. The van der Waals surface area contributed by atoms with Crippen molar-refractivity contribution >= 4 is 0 Å². The van der Waals surface area contributed by atoms with Gasteiger partial charge < -0.3 is 4.74 Å². The smallest absolute Gasteiger partial charge is 0.0637 e. The van der Waals surface area contributed by atoms with E-state index in [1.165, 1.54) is 51.4 Å². The largest absolute Gasteiger partial charge is 0.378 e. The minimum absolute atomic E-state index is 0.680. The molecule has 4 fully saturated rings. The maximum atomic E-state index is 6.18. The first-order valence-electron chi connectivity index (χ1n) is 8.07. The Morgan fingerprint density at radius 3 is 1.65 bits per heavy atom. The average Bonchev–Trinajstić information content (AvgIpc) is 2.89. The van der Waals surface area contributed by atoms with E-state index in [0.29, 0.717) is 6.10 Å². The highest BCUT2D eigenvalue weighted by Crippen LogP contribution is 2.56. The van der Waals surface area contributed by atoms with Gasteiger partial charge in [0.25, 0.3) is 0 Å². The lowest BCUT2D eigenvalue weighted by Crippen LogP contribution is -2.50. The summed E-state index contributed by atoms with van der Waals surface area (Å²) >= 11 is 0. The van der Waals surface area contributed by atoms with Crippen LogP contribution in [0.25, 0.3) is 0 Å². The quantitative estimate of drug-likeness (QED) is 0.615. The second-order valence-electron chi connectivity index (χ2n) is 7.01. The summed E-state index contributed by atoms with van der Waals surface area (Å²) in [6.07, 6.45) is 14.1. The van der Waals surface area contributed by atoms with Crippen molar-refractivity contribution in [1.82, 2.24) is 0 Å². The summed E-state index contributed by atoms with van der Waals surface area (Å²) in [7, 11) is 0. The molecule has 0 aromatic heterocycles. The number of ether oxygens (including phenoxy) is 1. The van der Waals surface area contributed by atoms with Crippen LogP contribution in [0.4, 0.5) is 0 Å². The Bertz CT molecular complexity index is 259. The van der Waals surface area contributed by atoms with Gasteiger partial charge in [0.1, 0.15) is 0 Å². The van der Waals surface area contributed by atoms with E-state index in [1.807, 2.05) is 0 Å². The van der Waals surface area contributed by atoms with Crippen molar-refractivity contribution in [1.29, 1.82) is 0 Å². The van der Waals surface area contributed by atoms with Gasteiger partial charge in [-0.25, -0.2) is 0 Å². The van der Waals surface area contributed by atoms with Gasteiger partial charge in [-0.15, -0.1) is 0 Å². The van der Waals surface area contributed by atoms with Crippen LogP contribution in [-0.2, 0) is 4.74 Å². The molecule has 17 heavy (non-hydrogen) atoms. The summed E-state index contributed by atoms with van der Waals surface area (Å²) in [5.74, 6) is 5.11. The van der Waals surface area contributed by atoms with E-state index in [4.69, 9.17) is 4.74 Å². The minimum Gasteiger partial charge on any atom is -0.378 e. The van der Waals surface area contributed by atoms with Crippen LogP contribution in [0.2, 0.25) is 0 Å². The van der Waals surface area contributed by atoms with Crippen LogP contribution in [0.15, 0.2) is 0 Å². The molecular formula is C16H26O. The first-order valence-corrected chi connectivity index (χ1v) is 8.07. The van der Waals surface area contributed by atoms with E-state index in [2.05, 4.69) is 0 Å². The summed E-state index contributed by atoms with van der Waals surface area (Å²) in [6.45, 7) is 1.07. The van der Waals surface area contributed by atoms with Gasteiger partial charge in [-0.2, -0.15) is 0 Å². The molecule has 0 spiro atoms. The van der Waals surface area contributed by atoms with Crippen LogP contribution in [0, 0.1) is 29.6 Å². The van der Waals surface area contributed by atoms with E-state index < -0.39 is 0 Å². The van der Waals surface area contributed by atoms with E-state index >= 15 is 0 Å². The summed E-state index contributed by atoms with van der Waals surface area (Å²) in [6, 6.07) is 0. The Morgan fingerprint density at radius 2 is 1.00 bits per heavy atom. The standard InChI is InChI=1S/C16H26O/c1-2-7-13-11(5-1)12-6-3-4-8-14(12)16-15(13)9-10-17-16/h11-16H,1-10H2. The molecule has 0 aromatic carbocycles. The first kappa shape index (κ1) is 10.8. The van der Waals surface area contributed by atoms with Crippen LogP contribution in [0.3, 0.4) is 0 Å². The summed E-state index contributed by atoms with van der Waals surface area (Å²) in [4.78, 5) is 0. The van der Waals surface area contributed by atoms with Gasteiger partial charge in [-0.3, -0.25) is 0 Å². The normalized spacial score (nSPS) is 53.6. The fourth-order valence-corrected chi connectivity index (χ4v) is 5.91. The Labute approximate surface area is 105 Å². The first-order chi connectivity index (χ1) is 8.45. The highest BCUT2D eigenvalue weighted by molar-refractivity contribution is 5.01. The van der Waals surface area contributed by atoms with Crippen molar-refractivity contribution in [3.05, 3.63) is 0 Å². The molecule has 0 amide bonds. The second-order valence-corrected chi connectivity index (χ2v) is 7.01. The maximum Gasteiger partial charge on any atom is 0.0637 e. The molecule has 6 atom stereocenters. The lowest BCUT2D eigenvalue weighted by Gasteiger charge is -2.53. The van der Waals surface area contributed by atoms with Crippen molar-refractivity contribution < 1.29 is 4.74 Å². The van der Waals surface area contributed by atoms with Crippen molar-refractivity contribution in [2.75, 3.05) is 6.61 Å². The molecule has 0 N–H and O–H groups in total. The van der Waals surface area contributed by atoms with Gasteiger partial charge in [0.15, 0.2) is 0 Å². The van der Waals surface area contributed by atoms with E-state index in [-0.39, 0.29) is 0 Å². The molecule has 1 saturated heterocycles. The molecule has 1 nitrogen and oxygen atoms in total. The van der Waals surface area contributed by atoms with Gasteiger partial charge in [-0.05, 0) is 61.7 Å². The molecule has 1 heterocycles. The lowest BCUT2D eigenvalue weighted by atomic mass is 9.53. The van der Waals surface area contributed by atoms with Gasteiger partial charge >= 0.3 is 0 Å². The zero-order valence-electron chi connectivity index (χ0n) is 10.9. The fraction of sp³-hybridized carbons (Fsp3) is 1.00. The van der Waals surface area contributed by atoms with Crippen LogP contribution in [0.5, 0.6) is 0 Å². The van der Waals surface area contributed by atoms with Gasteiger partial charge in [-0.1, -0.05) is 25.7 Å². The Morgan fingerprint density at radius 1 is 0.529 bits per heavy atom. The van der Waals surface area contributed by atoms with Crippen LogP contribution < -0.4 is 0 Å². The summed E-state index contributed by atoms with van der Waals surface area (Å²) < 4.78 is 6.18. The third-order valence-corrected chi connectivity index (χ3v) is 6.46. The number of hydrogen-bond donors (Lipinski definition) is 0. The molecule has 6 unspecified atom stereocenters. The molecule has 4 aliphatic rings. The SMILES string of the molecule is C1CCC2C(C1)C1CCCCC1C1OCCC21. The topological polar surface area (TPSA) is 9.23 Å². The molecule has 96 valence electrons. The minimum atomic E-state index is 0.680. The lowest BCUT2D eigenvalue weighted by molar-refractivity contribution is -0.0934. The Balaban J connectivity index is 1.65. The summed E-state index contributed by atoms with van der Waals surface area (Å²) in [5, 5.41) is 0. The van der Waals surface area contributed by atoms with Gasteiger partial charge in [0.05, 0.1) is 6.10 Å². The highest BCUT2D eigenvalue weighted by Gasteiger charge is 2.52. The van der Waals surface area contributed by atoms with Crippen molar-refractivity contribution in [3.8, 4) is 0 Å². The number of fused-ring (bicyclic) bond motifs is 6. The van der Waals surface area contributed by atoms with Crippen LogP contribution in [-0.4, -0.2) is 12.7 Å². The third-order valence-electron chi connectivity index (χ3n) is 6.46. The van der Waals surface area contributed by atoms with Crippen LogP contribution >= 0.6 is 0 Å². The monoisotopic (exact) mass is 234 g/mol. The van der Waals surface area contributed by atoms with Gasteiger partial charge in [0.2, 0.25) is 0 Å². The number of rotatable bonds is 0. The Kier molecular flexibility index (Phi) is 2.72. The molecule has 4 rings (SSSR count). The van der Waals surface area contributed by atoms with Crippen molar-refractivity contribution in [2.45, 2.75) is 63.9 Å². The van der Waals surface area contributed by atoms with E-state index in [1.54, 1.807) is 6.42 Å². The van der Waals surface area contributed by atoms with E-state index in [0.717, 1.165) is 36.2 Å². The molecule has 1 heteroatoms.